The summed E-state index contributed by atoms with van der Waals surface area (Å²) in [6, 6.07) is 0. The molecule has 0 bridgehead atoms. The van der Waals surface area contributed by atoms with Crippen molar-refractivity contribution in [1.82, 2.24) is 33.4 Å². The summed E-state index contributed by atoms with van der Waals surface area (Å²) in [6.45, 7) is 0. The lowest BCUT2D eigenvalue weighted by Gasteiger charge is -2.36. The Morgan fingerprint density at radius 1 is 0.737 bits per heavy atom. The molecule has 0 amide bonds. The number of rotatable bonds is 0. The zero-order valence-corrected chi connectivity index (χ0v) is 11.5. The van der Waals surface area contributed by atoms with E-state index in [-0.39, 0.29) is 47.2 Å². The van der Waals surface area contributed by atoms with E-state index in [0.717, 1.165) is 0 Å². The van der Waals surface area contributed by atoms with Crippen LogP contribution in [0.5, 0.6) is 0 Å². The molecule has 0 unspecified atom stereocenters. The maximum atomic E-state index is 8.55. The van der Waals surface area contributed by atoms with Crippen molar-refractivity contribution in [2.75, 3.05) is 17.2 Å². The van der Waals surface area contributed by atoms with Crippen LogP contribution in [0.1, 0.15) is 0 Å². The second-order valence-corrected chi connectivity index (χ2v) is 2.75. The minimum atomic E-state index is -5.39. The highest BCUT2D eigenvalue weighted by molar-refractivity contribution is 7.40. The highest BCUT2D eigenvalue weighted by Gasteiger charge is 1.93. The van der Waals surface area contributed by atoms with Crippen LogP contribution in [0.4, 0.5) is 17.8 Å². The Morgan fingerprint density at radius 2 is 0.842 bits per heavy atom. The second-order valence-electron chi connectivity index (χ2n) is 1.86. The van der Waals surface area contributed by atoms with E-state index in [2.05, 4.69) is 15.0 Å². The Bertz CT molecular complexity index is 299. The maximum Gasteiger partial charge on any atom is 0.226 e. The van der Waals surface area contributed by atoms with E-state index in [1.807, 2.05) is 0 Å². The molecule has 0 spiro atoms. The number of hydrogen-bond donors (Lipinski definition) is 6. The van der Waals surface area contributed by atoms with E-state index >= 15 is 0 Å². The Hall–Kier alpha value is -1.68. The highest BCUT2D eigenvalue weighted by Crippen LogP contribution is 2.03. The molecule has 15 nitrogen and oxygen atoms in total. The normalized spacial score (nSPS) is 7.53. The number of nitrogens with two attached hydrogens (primary N) is 3. The Morgan fingerprint density at radius 3 is 0.947 bits per heavy atom. The van der Waals surface area contributed by atoms with E-state index in [4.69, 9.17) is 36.4 Å². The predicted molar refractivity (Wildman–Crippen MR) is 65.9 cm³/mol. The third kappa shape index (κ3) is 31.4. The molecule has 1 aromatic heterocycles. The lowest BCUT2D eigenvalue weighted by Crippen LogP contribution is -2.24. The average molecular weight is 311 g/mol. The van der Waals surface area contributed by atoms with Gasteiger partial charge in [-0.25, -0.2) is 0 Å². The molecule has 0 saturated carbocycles. The zero-order chi connectivity index (χ0) is 11.4. The highest BCUT2D eigenvalue weighted by atomic mass is 31.2. The number of anilines is 3. The van der Waals surface area contributed by atoms with Crippen LogP contribution in [0.15, 0.2) is 0 Å². The van der Waals surface area contributed by atoms with Gasteiger partial charge >= 0.3 is 0 Å². The Kier molecular flexibility index (Phi) is 27.2. The molecule has 0 radical (unpaired) electrons. The molecule has 0 aromatic carbocycles. The topological polar surface area (TPSA) is 375 Å². The molecule has 0 aliphatic rings. The molecular weight excluding hydrogens is 289 g/mol. The fourth-order valence-electron chi connectivity index (χ4n) is 0.427. The monoisotopic (exact) mass is 311 g/mol. The summed E-state index contributed by atoms with van der Waals surface area (Å²) < 4.78 is 8.55. The van der Waals surface area contributed by atoms with Crippen LogP contribution in [0.2, 0.25) is 0 Å². The van der Waals surface area contributed by atoms with Gasteiger partial charge in [0, 0.05) is 0 Å². The fraction of sp³-hybridized carbons (Fsp3) is 0. The van der Waals surface area contributed by atoms with Gasteiger partial charge in [0.05, 0.1) is 0 Å². The Balaban J connectivity index is -0.0000000385. The number of hydrogen-bond acceptors (Lipinski definition) is 10. The van der Waals surface area contributed by atoms with Gasteiger partial charge in [-0.05, 0) is 0 Å². The molecule has 0 saturated heterocycles. The van der Waals surface area contributed by atoms with Crippen molar-refractivity contribution in [1.29, 1.82) is 0 Å². The Labute approximate surface area is 107 Å². The molecule has 1 heterocycles. The standard InChI is InChI=1S/C3H6N6.3H3N.H3O4P.2H2O/c4-1-7-2(5)9-3(6)8-1;;;;1-5(2,3)4;;/h(H6,4,5,6,7,8,9);3*1H3;(H3,1,2,3,4);2*1H2. The largest absolute Gasteiger partial charge is 0.822 e. The average Bonchev–Trinajstić information content (AvgIpc) is 1.77. The van der Waals surface area contributed by atoms with Crippen LogP contribution in [0.3, 0.4) is 0 Å². The van der Waals surface area contributed by atoms with Gasteiger partial charge in [0.1, 0.15) is 0 Å². The molecule has 120 valence electrons. The molecule has 1 aromatic rings. The lowest BCUT2D eigenvalue weighted by atomic mass is 10.9. The van der Waals surface area contributed by atoms with Gasteiger partial charge in [0.25, 0.3) is 0 Å². The van der Waals surface area contributed by atoms with Crippen LogP contribution in [0, 0.1) is 0 Å². The van der Waals surface area contributed by atoms with Crippen LogP contribution in [-0.2, 0) is 4.57 Å². The van der Waals surface area contributed by atoms with Crippen molar-refractivity contribution >= 4 is 25.7 Å². The SMILES string of the molecule is Nc1nc(N)nc(N)n1.O.O.O=P([O-])([O-])[O-].[NH4+].[NH4+].[NH4+]. The van der Waals surface area contributed by atoms with E-state index in [0.29, 0.717) is 0 Å². The summed E-state index contributed by atoms with van der Waals surface area (Å²) in [5, 5.41) is 0. The molecular formula is C3H22N9O6P. The van der Waals surface area contributed by atoms with E-state index in [9.17, 15) is 0 Å². The minimum Gasteiger partial charge on any atom is -0.822 e. The van der Waals surface area contributed by atoms with E-state index in [1.54, 1.807) is 0 Å². The van der Waals surface area contributed by atoms with Crippen molar-refractivity contribution < 1.29 is 30.2 Å². The zero-order valence-electron chi connectivity index (χ0n) is 10.7. The van der Waals surface area contributed by atoms with Crippen molar-refractivity contribution in [3.8, 4) is 0 Å². The molecule has 0 aliphatic carbocycles. The van der Waals surface area contributed by atoms with Crippen molar-refractivity contribution in [3.63, 3.8) is 0 Å². The molecule has 0 fully saturated rings. The first-order valence-electron chi connectivity index (χ1n) is 2.94. The predicted octanol–water partition coefficient (Wildman–Crippen LogP) is -4.73. The molecule has 22 N–H and O–H groups in total. The van der Waals surface area contributed by atoms with Crippen LogP contribution in [0.25, 0.3) is 0 Å². The summed E-state index contributed by atoms with van der Waals surface area (Å²) in [5.74, 6) is 0.125. The first kappa shape index (κ1) is 36.0. The molecule has 0 aliphatic heterocycles. The van der Waals surface area contributed by atoms with Gasteiger partial charge < -0.3 is 65.9 Å². The van der Waals surface area contributed by atoms with Crippen molar-refractivity contribution in [2.45, 2.75) is 0 Å². The molecule has 16 heteroatoms. The quantitative estimate of drug-likeness (QED) is 0.248. The number of phosphoric acid groups is 1. The minimum absolute atomic E-state index is 0. The van der Waals surface area contributed by atoms with Gasteiger partial charge in [-0.15, -0.1) is 0 Å². The third-order valence-electron chi connectivity index (χ3n) is 0.687. The van der Waals surface area contributed by atoms with Gasteiger partial charge in [-0.2, -0.15) is 22.8 Å². The second kappa shape index (κ2) is 14.4. The summed E-state index contributed by atoms with van der Waals surface area (Å²) in [7, 11) is -5.39. The van der Waals surface area contributed by atoms with E-state index < -0.39 is 7.82 Å². The number of nitrogen functional groups attached to an aromatic ring is 3. The van der Waals surface area contributed by atoms with Crippen molar-refractivity contribution in [2.24, 2.45) is 0 Å². The van der Waals surface area contributed by atoms with Gasteiger partial charge in [-0.1, -0.05) is 0 Å². The molecule has 19 heavy (non-hydrogen) atoms. The van der Waals surface area contributed by atoms with Gasteiger partial charge in [-0.3, -0.25) is 0 Å². The van der Waals surface area contributed by atoms with Crippen LogP contribution in [-0.4, -0.2) is 25.9 Å². The smallest absolute Gasteiger partial charge is 0.226 e. The summed E-state index contributed by atoms with van der Waals surface area (Å²) in [6.07, 6.45) is 0. The van der Waals surface area contributed by atoms with Crippen LogP contribution < -0.4 is 50.3 Å². The van der Waals surface area contributed by atoms with Gasteiger partial charge in [0.2, 0.25) is 17.8 Å². The van der Waals surface area contributed by atoms with Crippen molar-refractivity contribution in [3.05, 3.63) is 0 Å². The summed E-state index contributed by atoms with van der Waals surface area (Å²) in [5.41, 5.74) is 15.4. The number of aromatic nitrogens is 3. The molecule has 0 atom stereocenters. The first-order chi connectivity index (χ1) is 6.18. The van der Waals surface area contributed by atoms with Crippen LogP contribution >= 0.6 is 7.82 Å². The maximum absolute atomic E-state index is 8.55. The lowest BCUT2D eigenvalue weighted by molar-refractivity contribution is -0.432. The summed E-state index contributed by atoms with van der Waals surface area (Å²) in [4.78, 5) is 36.1. The molecule has 1 rings (SSSR count). The third-order valence-corrected chi connectivity index (χ3v) is 0.687. The van der Waals surface area contributed by atoms with Gasteiger partial charge in [0.15, 0.2) is 0 Å². The fourth-order valence-corrected chi connectivity index (χ4v) is 0.427. The number of nitrogens with zero attached hydrogens (tertiary/aromatic N) is 3. The number of quaternary nitrogens is 3. The summed E-state index contributed by atoms with van der Waals surface area (Å²) >= 11 is 0. The van der Waals surface area contributed by atoms with E-state index in [1.165, 1.54) is 0 Å². The first-order valence-corrected chi connectivity index (χ1v) is 4.40.